The first-order chi connectivity index (χ1) is 11.4. The molecule has 7 nitrogen and oxygen atoms in total. The molecular weight excluding hydrogens is 339 g/mol. The van der Waals surface area contributed by atoms with Crippen LogP contribution in [0.5, 0.6) is 5.75 Å². The first-order valence-electron chi connectivity index (χ1n) is 7.65. The van der Waals surface area contributed by atoms with Gasteiger partial charge in [0, 0.05) is 26.2 Å². The third kappa shape index (κ3) is 3.96. The number of carbonyl (C=O) groups excluding carboxylic acids is 1. The first-order valence-corrected chi connectivity index (χ1v) is 9.09. The maximum atomic E-state index is 14.0. The number of sulfonamides is 1. The lowest BCUT2D eigenvalue weighted by Gasteiger charge is -2.21. The molecule has 1 aromatic rings. The van der Waals surface area contributed by atoms with Crippen LogP contribution < -0.4 is 4.74 Å². The maximum Gasteiger partial charge on any atom is 0.409 e. The fourth-order valence-electron chi connectivity index (χ4n) is 2.51. The number of hydrogen-bond acceptors (Lipinski definition) is 5. The number of benzene rings is 1. The summed E-state index contributed by atoms with van der Waals surface area (Å²) < 4.78 is 50.3. The number of amides is 1. The average Bonchev–Trinajstić information content (AvgIpc) is 2.82. The molecule has 1 amide bonds. The van der Waals surface area contributed by atoms with Crippen LogP contribution in [0.4, 0.5) is 9.18 Å². The van der Waals surface area contributed by atoms with Crippen LogP contribution in [0.3, 0.4) is 0 Å². The van der Waals surface area contributed by atoms with Crippen LogP contribution in [0, 0.1) is 5.82 Å². The van der Waals surface area contributed by atoms with Gasteiger partial charge < -0.3 is 14.4 Å². The third-order valence-electron chi connectivity index (χ3n) is 3.73. The van der Waals surface area contributed by atoms with Crippen molar-refractivity contribution in [3.8, 4) is 5.75 Å². The number of carbonyl (C=O) groups is 1. The van der Waals surface area contributed by atoms with Gasteiger partial charge in [0.05, 0.1) is 18.6 Å². The van der Waals surface area contributed by atoms with Gasteiger partial charge in [0.1, 0.15) is 0 Å². The molecule has 0 radical (unpaired) electrons. The van der Waals surface area contributed by atoms with E-state index in [0.29, 0.717) is 19.6 Å². The molecule has 2 rings (SSSR count). The summed E-state index contributed by atoms with van der Waals surface area (Å²) in [6, 6.07) is 3.60. The van der Waals surface area contributed by atoms with E-state index in [1.54, 1.807) is 6.92 Å². The third-order valence-corrected chi connectivity index (χ3v) is 5.62. The summed E-state index contributed by atoms with van der Waals surface area (Å²) in [6.07, 6.45) is -0.00485. The topological polar surface area (TPSA) is 76.2 Å². The van der Waals surface area contributed by atoms with E-state index < -0.39 is 21.9 Å². The fraction of sp³-hybridized carbons (Fsp3) is 0.533. The summed E-state index contributed by atoms with van der Waals surface area (Å²) in [4.78, 5) is 12.9. The Hall–Kier alpha value is -1.87. The summed E-state index contributed by atoms with van der Waals surface area (Å²) in [5.41, 5.74) is 0. The molecule has 1 aliphatic heterocycles. The Kier molecular flexibility index (Phi) is 6.00. The molecule has 1 saturated heterocycles. The van der Waals surface area contributed by atoms with Crippen LogP contribution in [-0.2, 0) is 14.8 Å². The molecule has 0 aliphatic carbocycles. The van der Waals surface area contributed by atoms with Crippen LogP contribution in [0.15, 0.2) is 23.1 Å². The highest BCUT2D eigenvalue weighted by molar-refractivity contribution is 7.89. The molecular formula is C15H21FN2O5S. The Labute approximate surface area is 141 Å². The van der Waals surface area contributed by atoms with Crippen LogP contribution in [0.1, 0.15) is 13.3 Å². The van der Waals surface area contributed by atoms with E-state index in [2.05, 4.69) is 4.74 Å². The zero-order valence-corrected chi connectivity index (χ0v) is 14.5. The number of halogens is 1. The van der Waals surface area contributed by atoms with Gasteiger partial charge in [0.15, 0.2) is 11.6 Å². The zero-order valence-electron chi connectivity index (χ0n) is 13.7. The van der Waals surface area contributed by atoms with E-state index in [0.717, 1.165) is 6.07 Å². The van der Waals surface area contributed by atoms with Gasteiger partial charge in [0.25, 0.3) is 0 Å². The molecule has 1 heterocycles. The van der Waals surface area contributed by atoms with Gasteiger partial charge in [-0.1, -0.05) is 0 Å². The number of hydrogen-bond donors (Lipinski definition) is 0. The standard InChI is InChI=1S/C15H21FN2O5S/c1-3-23-14-6-5-12(11-13(14)16)24(20,21)18-8-4-7-17(9-10-18)15(19)22-2/h5-6,11H,3-4,7-10H2,1-2H3. The van der Waals surface area contributed by atoms with Crippen molar-refractivity contribution in [3.05, 3.63) is 24.0 Å². The van der Waals surface area contributed by atoms with E-state index in [-0.39, 0.29) is 30.3 Å². The SMILES string of the molecule is CCOc1ccc(S(=O)(=O)N2CCCN(C(=O)OC)CC2)cc1F. The molecule has 9 heteroatoms. The summed E-state index contributed by atoms with van der Waals surface area (Å²) in [5, 5.41) is 0. The van der Waals surface area contributed by atoms with Gasteiger partial charge in [-0.05, 0) is 31.5 Å². The Morgan fingerprint density at radius 3 is 2.62 bits per heavy atom. The predicted molar refractivity (Wildman–Crippen MR) is 84.9 cm³/mol. The molecule has 0 N–H and O–H groups in total. The molecule has 0 spiro atoms. The van der Waals surface area contributed by atoms with E-state index >= 15 is 0 Å². The minimum atomic E-state index is -3.84. The highest BCUT2D eigenvalue weighted by Gasteiger charge is 2.29. The highest BCUT2D eigenvalue weighted by Crippen LogP contribution is 2.24. The normalized spacial score (nSPS) is 16.5. The minimum absolute atomic E-state index is 0.0178. The second-order valence-corrected chi connectivity index (χ2v) is 7.18. The summed E-state index contributed by atoms with van der Waals surface area (Å²) >= 11 is 0. The smallest absolute Gasteiger partial charge is 0.409 e. The fourth-order valence-corrected chi connectivity index (χ4v) is 3.99. The van der Waals surface area contributed by atoms with Crippen molar-refractivity contribution < 1.29 is 27.1 Å². The number of ether oxygens (including phenoxy) is 2. The Morgan fingerprint density at radius 2 is 2.00 bits per heavy atom. The van der Waals surface area contributed by atoms with Crippen molar-refractivity contribution in [1.29, 1.82) is 0 Å². The van der Waals surface area contributed by atoms with Gasteiger partial charge in [0.2, 0.25) is 10.0 Å². The number of nitrogens with zero attached hydrogens (tertiary/aromatic N) is 2. The largest absolute Gasteiger partial charge is 0.491 e. The zero-order chi connectivity index (χ0) is 17.7. The minimum Gasteiger partial charge on any atom is -0.491 e. The van der Waals surface area contributed by atoms with Crippen molar-refractivity contribution in [2.75, 3.05) is 39.9 Å². The molecule has 1 aromatic carbocycles. The number of rotatable bonds is 4. The second-order valence-electron chi connectivity index (χ2n) is 5.24. The van der Waals surface area contributed by atoms with E-state index in [4.69, 9.17) is 4.74 Å². The van der Waals surface area contributed by atoms with E-state index in [1.165, 1.54) is 28.4 Å². The van der Waals surface area contributed by atoms with Crippen molar-refractivity contribution in [2.45, 2.75) is 18.2 Å². The molecule has 0 unspecified atom stereocenters. The first kappa shape index (κ1) is 18.5. The molecule has 1 aliphatic rings. The lowest BCUT2D eigenvalue weighted by molar-refractivity contribution is 0.126. The average molecular weight is 360 g/mol. The summed E-state index contributed by atoms with van der Waals surface area (Å²) in [7, 11) is -2.55. The van der Waals surface area contributed by atoms with Gasteiger partial charge in [-0.2, -0.15) is 4.31 Å². The molecule has 134 valence electrons. The summed E-state index contributed by atoms with van der Waals surface area (Å²) in [5.74, 6) is -0.701. The van der Waals surface area contributed by atoms with Gasteiger partial charge >= 0.3 is 6.09 Å². The van der Waals surface area contributed by atoms with Crippen LogP contribution >= 0.6 is 0 Å². The van der Waals surface area contributed by atoms with Gasteiger partial charge in [-0.3, -0.25) is 0 Å². The van der Waals surface area contributed by atoms with Crippen LogP contribution in [-0.4, -0.2) is 63.6 Å². The molecule has 0 atom stereocenters. The molecule has 1 fully saturated rings. The molecule has 0 bridgehead atoms. The maximum absolute atomic E-state index is 14.0. The molecule has 0 aromatic heterocycles. The van der Waals surface area contributed by atoms with Crippen molar-refractivity contribution in [1.82, 2.24) is 9.21 Å². The molecule has 24 heavy (non-hydrogen) atoms. The van der Waals surface area contributed by atoms with Crippen molar-refractivity contribution in [3.63, 3.8) is 0 Å². The second kappa shape index (κ2) is 7.80. The van der Waals surface area contributed by atoms with Crippen LogP contribution in [0.25, 0.3) is 0 Å². The number of methoxy groups -OCH3 is 1. The van der Waals surface area contributed by atoms with E-state index in [1.807, 2.05) is 0 Å². The van der Waals surface area contributed by atoms with Crippen LogP contribution in [0.2, 0.25) is 0 Å². The van der Waals surface area contributed by atoms with E-state index in [9.17, 15) is 17.6 Å². The van der Waals surface area contributed by atoms with Crippen molar-refractivity contribution in [2.24, 2.45) is 0 Å². The quantitative estimate of drug-likeness (QED) is 0.817. The lowest BCUT2D eigenvalue weighted by Crippen LogP contribution is -2.37. The lowest BCUT2D eigenvalue weighted by atomic mass is 10.3. The highest BCUT2D eigenvalue weighted by atomic mass is 32.2. The van der Waals surface area contributed by atoms with Gasteiger partial charge in [-0.25, -0.2) is 17.6 Å². The Bertz CT molecular complexity index is 695. The van der Waals surface area contributed by atoms with Crippen molar-refractivity contribution >= 4 is 16.1 Å². The summed E-state index contributed by atoms with van der Waals surface area (Å²) in [6.45, 7) is 3.03. The van der Waals surface area contributed by atoms with Gasteiger partial charge in [-0.15, -0.1) is 0 Å². The Morgan fingerprint density at radius 1 is 1.25 bits per heavy atom. The predicted octanol–water partition coefficient (Wildman–Crippen LogP) is 1.69. The monoisotopic (exact) mass is 360 g/mol. The Balaban J connectivity index is 2.18. The molecule has 0 saturated carbocycles.